The molecule has 94 valence electrons. The molecule has 0 spiro atoms. The van der Waals surface area contributed by atoms with Crippen LogP contribution in [0.4, 0.5) is 0 Å². The number of imidazole rings is 1. The molecule has 1 aliphatic rings. The lowest BCUT2D eigenvalue weighted by Crippen LogP contribution is -2.11. The molecule has 18 heavy (non-hydrogen) atoms. The first-order chi connectivity index (χ1) is 8.84. The highest BCUT2D eigenvalue weighted by atomic mass is 15.1. The molecular formula is C15H19N3. The van der Waals surface area contributed by atoms with Crippen LogP contribution in [0.1, 0.15) is 35.6 Å². The average Bonchev–Trinajstić information content (AvgIpc) is 2.73. The summed E-state index contributed by atoms with van der Waals surface area (Å²) >= 11 is 0. The van der Waals surface area contributed by atoms with Crippen molar-refractivity contribution >= 4 is 0 Å². The monoisotopic (exact) mass is 241 g/mol. The SMILES string of the molecule is Cc1nc2c(n1CCc1cccnc1)CCCC2. The predicted molar refractivity (Wildman–Crippen MR) is 71.5 cm³/mol. The Bertz CT molecular complexity index is 528. The third-order valence-corrected chi connectivity index (χ3v) is 3.77. The summed E-state index contributed by atoms with van der Waals surface area (Å²) in [6.45, 7) is 3.15. The standard InChI is InChI=1S/C15H19N3/c1-12-17-14-6-2-3-7-15(14)18(12)10-8-13-5-4-9-16-11-13/h4-5,9,11H,2-3,6-8,10H2,1H3. The van der Waals surface area contributed by atoms with E-state index < -0.39 is 0 Å². The van der Waals surface area contributed by atoms with Gasteiger partial charge < -0.3 is 4.57 Å². The van der Waals surface area contributed by atoms with E-state index in [1.807, 2.05) is 18.5 Å². The van der Waals surface area contributed by atoms with Crippen LogP contribution in [0.5, 0.6) is 0 Å². The van der Waals surface area contributed by atoms with E-state index in [2.05, 4.69) is 22.5 Å². The maximum absolute atomic E-state index is 4.71. The maximum Gasteiger partial charge on any atom is 0.106 e. The lowest BCUT2D eigenvalue weighted by molar-refractivity contribution is 0.595. The molecule has 0 N–H and O–H groups in total. The van der Waals surface area contributed by atoms with Crippen molar-refractivity contribution in [3.05, 3.63) is 47.3 Å². The second kappa shape index (κ2) is 4.92. The molecular weight excluding hydrogens is 222 g/mol. The molecule has 3 heteroatoms. The zero-order valence-electron chi connectivity index (χ0n) is 10.9. The Hall–Kier alpha value is -1.64. The van der Waals surface area contributed by atoms with Crippen molar-refractivity contribution in [1.82, 2.24) is 14.5 Å². The first-order valence-electron chi connectivity index (χ1n) is 6.78. The molecule has 2 aromatic heterocycles. The third kappa shape index (κ3) is 2.17. The van der Waals surface area contributed by atoms with Gasteiger partial charge in [0.1, 0.15) is 5.82 Å². The molecule has 0 radical (unpaired) electrons. The normalized spacial score (nSPS) is 14.5. The van der Waals surface area contributed by atoms with E-state index in [1.54, 1.807) is 0 Å². The summed E-state index contributed by atoms with van der Waals surface area (Å²) in [4.78, 5) is 8.88. The molecule has 2 heterocycles. The summed E-state index contributed by atoms with van der Waals surface area (Å²) in [5, 5.41) is 0. The fourth-order valence-corrected chi connectivity index (χ4v) is 2.82. The Morgan fingerprint density at radius 1 is 1.28 bits per heavy atom. The van der Waals surface area contributed by atoms with E-state index in [4.69, 9.17) is 4.98 Å². The first kappa shape index (κ1) is 11.5. The summed E-state index contributed by atoms with van der Waals surface area (Å²) in [5.41, 5.74) is 4.11. The topological polar surface area (TPSA) is 30.7 Å². The van der Waals surface area contributed by atoms with Gasteiger partial charge in [-0.25, -0.2) is 4.98 Å². The second-order valence-corrected chi connectivity index (χ2v) is 5.02. The molecule has 2 aromatic rings. The fraction of sp³-hybridized carbons (Fsp3) is 0.467. The zero-order chi connectivity index (χ0) is 12.4. The van der Waals surface area contributed by atoms with E-state index in [-0.39, 0.29) is 0 Å². The van der Waals surface area contributed by atoms with Crippen LogP contribution < -0.4 is 0 Å². The summed E-state index contributed by atoms with van der Waals surface area (Å²) < 4.78 is 2.40. The minimum atomic E-state index is 1.03. The van der Waals surface area contributed by atoms with E-state index in [0.29, 0.717) is 0 Å². The van der Waals surface area contributed by atoms with Crippen LogP contribution in [0.15, 0.2) is 24.5 Å². The van der Waals surface area contributed by atoms with Gasteiger partial charge in [-0.05, 0) is 50.7 Å². The van der Waals surface area contributed by atoms with Gasteiger partial charge in [0.2, 0.25) is 0 Å². The summed E-state index contributed by atoms with van der Waals surface area (Å²) in [6.07, 6.45) is 9.79. The third-order valence-electron chi connectivity index (χ3n) is 3.77. The van der Waals surface area contributed by atoms with E-state index >= 15 is 0 Å². The number of hydrogen-bond donors (Lipinski definition) is 0. The van der Waals surface area contributed by atoms with Crippen molar-refractivity contribution in [2.75, 3.05) is 0 Å². The fourth-order valence-electron chi connectivity index (χ4n) is 2.82. The van der Waals surface area contributed by atoms with Gasteiger partial charge in [0, 0.05) is 24.6 Å². The minimum absolute atomic E-state index is 1.03. The molecule has 0 saturated carbocycles. The molecule has 0 aliphatic heterocycles. The number of hydrogen-bond acceptors (Lipinski definition) is 2. The number of fused-ring (bicyclic) bond motifs is 1. The van der Waals surface area contributed by atoms with E-state index in [9.17, 15) is 0 Å². The van der Waals surface area contributed by atoms with Gasteiger partial charge in [-0.2, -0.15) is 0 Å². The Morgan fingerprint density at radius 2 is 2.17 bits per heavy atom. The van der Waals surface area contributed by atoms with Crippen LogP contribution in [0.3, 0.4) is 0 Å². The molecule has 0 saturated heterocycles. The van der Waals surface area contributed by atoms with Gasteiger partial charge in [0.05, 0.1) is 5.69 Å². The molecule has 3 nitrogen and oxygen atoms in total. The second-order valence-electron chi connectivity index (χ2n) is 5.02. The number of aryl methyl sites for hydroxylation is 3. The van der Waals surface area contributed by atoms with Crippen LogP contribution in [-0.2, 0) is 25.8 Å². The van der Waals surface area contributed by atoms with E-state index in [1.165, 1.54) is 42.0 Å². The van der Waals surface area contributed by atoms with Gasteiger partial charge in [-0.15, -0.1) is 0 Å². The van der Waals surface area contributed by atoms with Gasteiger partial charge in [-0.1, -0.05) is 6.07 Å². The van der Waals surface area contributed by atoms with Crippen LogP contribution in [0, 0.1) is 6.92 Å². The van der Waals surface area contributed by atoms with Gasteiger partial charge in [0.25, 0.3) is 0 Å². The highest BCUT2D eigenvalue weighted by Crippen LogP contribution is 2.22. The molecule has 3 rings (SSSR count). The largest absolute Gasteiger partial charge is 0.332 e. The molecule has 1 aliphatic carbocycles. The summed E-state index contributed by atoms with van der Waals surface area (Å²) in [6, 6.07) is 4.15. The van der Waals surface area contributed by atoms with Crippen LogP contribution >= 0.6 is 0 Å². The highest BCUT2D eigenvalue weighted by molar-refractivity contribution is 5.20. The minimum Gasteiger partial charge on any atom is -0.332 e. The van der Waals surface area contributed by atoms with Crippen LogP contribution in [-0.4, -0.2) is 14.5 Å². The number of rotatable bonds is 3. The molecule has 0 atom stereocenters. The lowest BCUT2D eigenvalue weighted by atomic mass is 10.0. The van der Waals surface area contributed by atoms with E-state index in [0.717, 1.165) is 19.4 Å². The molecule has 0 bridgehead atoms. The summed E-state index contributed by atoms with van der Waals surface area (Å²) in [5.74, 6) is 1.17. The molecule has 0 fully saturated rings. The highest BCUT2D eigenvalue weighted by Gasteiger charge is 2.17. The van der Waals surface area contributed by atoms with Gasteiger partial charge in [0.15, 0.2) is 0 Å². The van der Waals surface area contributed by atoms with Gasteiger partial charge >= 0.3 is 0 Å². The van der Waals surface area contributed by atoms with Crippen molar-refractivity contribution in [3.8, 4) is 0 Å². The molecule has 0 unspecified atom stereocenters. The Morgan fingerprint density at radius 3 is 3.00 bits per heavy atom. The van der Waals surface area contributed by atoms with Crippen molar-refractivity contribution < 1.29 is 0 Å². The van der Waals surface area contributed by atoms with Crippen LogP contribution in [0.25, 0.3) is 0 Å². The molecule has 0 aromatic carbocycles. The average molecular weight is 241 g/mol. The quantitative estimate of drug-likeness (QED) is 0.827. The Kier molecular flexibility index (Phi) is 3.13. The Balaban J connectivity index is 1.78. The maximum atomic E-state index is 4.71. The van der Waals surface area contributed by atoms with Crippen molar-refractivity contribution in [2.45, 2.75) is 45.6 Å². The smallest absolute Gasteiger partial charge is 0.106 e. The van der Waals surface area contributed by atoms with Crippen LogP contribution in [0.2, 0.25) is 0 Å². The summed E-state index contributed by atoms with van der Waals surface area (Å²) in [7, 11) is 0. The van der Waals surface area contributed by atoms with Crippen molar-refractivity contribution in [1.29, 1.82) is 0 Å². The first-order valence-corrected chi connectivity index (χ1v) is 6.78. The lowest BCUT2D eigenvalue weighted by Gasteiger charge is -2.14. The Labute approximate surface area is 108 Å². The molecule has 0 amide bonds. The van der Waals surface area contributed by atoms with Crippen molar-refractivity contribution in [3.63, 3.8) is 0 Å². The number of pyridine rings is 1. The van der Waals surface area contributed by atoms with Crippen molar-refractivity contribution in [2.24, 2.45) is 0 Å². The van der Waals surface area contributed by atoms with Gasteiger partial charge in [-0.3, -0.25) is 4.98 Å². The number of aromatic nitrogens is 3. The number of nitrogens with zero attached hydrogens (tertiary/aromatic N) is 3. The predicted octanol–water partition coefficient (Wildman–Crippen LogP) is 2.71. The zero-order valence-corrected chi connectivity index (χ0v) is 10.9.